The van der Waals surface area contributed by atoms with Crippen molar-refractivity contribution in [3.63, 3.8) is 0 Å². The molecule has 23 heavy (non-hydrogen) atoms. The minimum absolute atomic E-state index is 0. The molecule has 2 aromatic rings. The minimum atomic E-state index is -0.307. The Morgan fingerprint density at radius 3 is 3.00 bits per heavy atom. The lowest BCUT2D eigenvalue weighted by Crippen LogP contribution is -2.48. The molecule has 0 aliphatic carbocycles. The highest BCUT2D eigenvalue weighted by atomic mass is 35.5. The molecule has 1 saturated heterocycles. The fourth-order valence-electron chi connectivity index (χ4n) is 2.34. The van der Waals surface area contributed by atoms with Crippen LogP contribution in [0.15, 0.2) is 36.5 Å². The molecule has 0 radical (unpaired) electrons. The Morgan fingerprint density at radius 2 is 2.26 bits per heavy atom. The molecular formula is C16H19ClN4O2. The van der Waals surface area contributed by atoms with Crippen molar-refractivity contribution < 1.29 is 9.53 Å². The maximum absolute atomic E-state index is 12.2. The minimum Gasteiger partial charge on any atom is -0.378 e. The summed E-state index contributed by atoms with van der Waals surface area (Å²) in [5.74, 6) is 0.631. The van der Waals surface area contributed by atoms with E-state index in [1.54, 1.807) is 6.20 Å². The molecular weight excluding hydrogens is 316 g/mol. The zero-order valence-corrected chi connectivity index (χ0v) is 13.6. The summed E-state index contributed by atoms with van der Waals surface area (Å²) in [6, 6.07) is 9.17. The number of nitrogens with one attached hydrogen (secondary N) is 2. The summed E-state index contributed by atoms with van der Waals surface area (Å²) >= 11 is 0. The van der Waals surface area contributed by atoms with Gasteiger partial charge in [0.15, 0.2) is 0 Å². The molecule has 2 N–H and O–H groups in total. The van der Waals surface area contributed by atoms with Gasteiger partial charge in [-0.2, -0.15) is 0 Å². The van der Waals surface area contributed by atoms with E-state index in [1.807, 2.05) is 37.3 Å². The maximum Gasteiger partial charge on any atom is 0.243 e. The SMILES string of the molecule is Cc1nccc(-c2cccc(NC(=O)C3COCCN3)c2)n1.Cl. The van der Waals surface area contributed by atoms with Gasteiger partial charge in [-0.25, -0.2) is 9.97 Å². The molecule has 0 saturated carbocycles. The molecule has 0 spiro atoms. The van der Waals surface area contributed by atoms with Gasteiger partial charge in [-0.05, 0) is 25.1 Å². The van der Waals surface area contributed by atoms with Crippen molar-refractivity contribution in [2.24, 2.45) is 0 Å². The quantitative estimate of drug-likeness (QED) is 0.895. The Balaban J connectivity index is 0.00000192. The number of carbonyl (C=O) groups excluding carboxylic acids is 1. The van der Waals surface area contributed by atoms with Crippen molar-refractivity contribution in [1.82, 2.24) is 15.3 Å². The van der Waals surface area contributed by atoms with E-state index in [-0.39, 0.29) is 24.4 Å². The maximum atomic E-state index is 12.2. The molecule has 1 aliphatic heterocycles. The van der Waals surface area contributed by atoms with Gasteiger partial charge in [-0.1, -0.05) is 12.1 Å². The number of hydrogen-bond donors (Lipinski definition) is 2. The highest BCUT2D eigenvalue weighted by molar-refractivity contribution is 5.95. The Labute approximate surface area is 141 Å². The lowest BCUT2D eigenvalue weighted by molar-refractivity contribution is -0.120. The summed E-state index contributed by atoms with van der Waals surface area (Å²) < 4.78 is 5.31. The number of ether oxygens (including phenoxy) is 1. The lowest BCUT2D eigenvalue weighted by atomic mass is 10.1. The zero-order valence-electron chi connectivity index (χ0n) is 12.8. The van der Waals surface area contributed by atoms with Crippen molar-refractivity contribution >= 4 is 24.0 Å². The van der Waals surface area contributed by atoms with Gasteiger partial charge >= 0.3 is 0 Å². The number of aromatic nitrogens is 2. The van der Waals surface area contributed by atoms with Gasteiger partial charge in [-0.15, -0.1) is 12.4 Å². The van der Waals surface area contributed by atoms with E-state index in [2.05, 4.69) is 20.6 Å². The standard InChI is InChI=1S/C16H18N4O2.ClH/c1-11-17-6-5-14(19-11)12-3-2-4-13(9-12)20-16(21)15-10-22-8-7-18-15;/h2-6,9,15,18H,7-8,10H2,1H3,(H,20,21);1H. The Hall–Kier alpha value is -2.02. The third-order valence-corrected chi connectivity index (χ3v) is 3.44. The summed E-state index contributed by atoms with van der Waals surface area (Å²) in [5, 5.41) is 6.05. The van der Waals surface area contributed by atoms with Crippen molar-refractivity contribution in [2.75, 3.05) is 25.1 Å². The first-order valence-corrected chi connectivity index (χ1v) is 7.24. The van der Waals surface area contributed by atoms with E-state index >= 15 is 0 Å². The van der Waals surface area contributed by atoms with Gasteiger partial charge in [0.05, 0.1) is 18.9 Å². The smallest absolute Gasteiger partial charge is 0.243 e. The van der Waals surface area contributed by atoms with E-state index in [1.165, 1.54) is 0 Å². The predicted octanol–water partition coefficient (Wildman–Crippen LogP) is 1.80. The van der Waals surface area contributed by atoms with Crippen LogP contribution in [0.1, 0.15) is 5.82 Å². The van der Waals surface area contributed by atoms with Crippen molar-refractivity contribution in [3.8, 4) is 11.3 Å². The van der Waals surface area contributed by atoms with Crippen molar-refractivity contribution in [3.05, 3.63) is 42.4 Å². The summed E-state index contributed by atoms with van der Waals surface area (Å²) in [6.45, 7) is 3.59. The Kier molecular flexibility index (Phi) is 6.04. The summed E-state index contributed by atoms with van der Waals surface area (Å²) in [4.78, 5) is 20.7. The number of nitrogens with zero attached hydrogens (tertiary/aromatic N) is 2. The number of amides is 1. The van der Waals surface area contributed by atoms with Gasteiger partial charge in [0, 0.05) is 24.0 Å². The molecule has 0 bridgehead atoms. The molecule has 3 rings (SSSR count). The lowest BCUT2D eigenvalue weighted by Gasteiger charge is -2.23. The fraction of sp³-hybridized carbons (Fsp3) is 0.312. The Morgan fingerprint density at radius 1 is 1.39 bits per heavy atom. The average molecular weight is 335 g/mol. The normalized spacial score (nSPS) is 17.2. The topological polar surface area (TPSA) is 76.1 Å². The molecule has 2 heterocycles. The molecule has 1 unspecified atom stereocenters. The first-order valence-electron chi connectivity index (χ1n) is 7.24. The molecule has 122 valence electrons. The van der Waals surface area contributed by atoms with E-state index in [0.717, 1.165) is 22.8 Å². The third kappa shape index (κ3) is 4.48. The second-order valence-corrected chi connectivity index (χ2v) is 5.14. The summed E-state index contributed by atoms with van der Waals surface area (Å²) in [6.07, 6.45) is 1.73. The highest BCUT2D eigenvalue weighted by Gasteiger charge is 2.21. The molecule has 6 nitrogen and oxygen atoms in total. The van der Waals surface area contributed by atoms with Crippen LogP contribution >= 0.6 is 12.4 Å². The third-order valence-electron chi connectivity index (χ3n) is 3.44. The van der Waals surface area contributed by atoms with E-state index in [4.69, 9.17) is 4.74 Å². The molecule has 1 aliphatic rings. The van der Waals surface area contributed by atoms with Crippen molar-refractivity contribution in [1.29, 1.82) is 0 Å². The van der Waals surface area contributed by atoms with Crippen molar-refractivity contribution in [2.45, 2.75) is 13.0 Å². The number of carbonyl (C=O) groups is 1. The first kappa shape index (κ1) is 17.3. The number of aryl methyl sites for hydroxylation is 1. The van der Waals surface area contributed by atoms with Gasteiger partial charge in [0.1, 0.15) is 11.9 Å². The first-order chi connectivity index (χ1) is 10.7. The molecule has 1 aromatic heterocycles. The van der Waals surface area contributed by atoms with Gasteiger partial charge in [0.25, 0.3) is 0 Å². The van der Waals surface area contributed by atoms with E-state index < -0.39 is 0 Å². The molecule has 1 amide bonds. The molecule has 1 fully saturated rings. The number of benzene rings is 1. The summed E-state index contributed by atoms with van der Waals surface area (Å²) in [7, 11) is 0. The fourth-order valence-corrected chi connectivity index (χ4v) is 2.34. The highest BCUT2D eigenvalue weighted by Crippen LogP contribution is 2.20. The van der Waals surface area contributed by atoms with Crippen LogP contribution in [-0.2, 0) is 9.53 Å². The number of morpholine rings is 1. The van der Waals surface area contributed by atoms with Crippen LogP contribution in [0.3, 0.4) is 0 Å². The number of halogens is 1. The van der Waals surface area contributed by atoms with Crippen LogP contribution in [0.25, 0.3) is 11.3 Å². The van der Waals surface area contributed by atoms with Gasteiger partial charge in [0.2, 0.25) is 5.91 Å². The van der Waals surface area contributed by atoms with Gasteiger partial charge in [-0.3, -0.25) is 4.79 Å². The number of anilines is 1. The second-order valence-electron chi connectivity index (χ2n) is 5.14. The van der Waals surface area contributed by atoms with Crippen LogP contribution in [0.4, 0.5) is 5.69 Å². The van der Waals surface area contributed by atoms with Crippen LogP contribution in [0, 0.1) is 6.92 Å². The van der Waals surface area contributed by atoms with E-state index in [0.29, 0.717) is 19.8 Å². The van der Waals surface area contributed by atoms with Crippen LogP contribution in [-0.4, -0.2) is 41.7 Å². The average Bonchev–Trinajstić information content (AvgIpc) is 2.56. The molecule has 1 aromatic carbocycles. The number of hydrogen-bond acceptors (Lipinski definition) is 5. The molecule has 1 atom stereocenters. The van der Waals surface area contributed by atoms with Crippen LogP contribution < -0.4 is 10.6 Å². The van der Waals surface area contributed by atoms with Crippen LogP contribution in [0.2, 0.25) is 0 Å². The van der Waals surface area contributed by atoms with E-state index in [9.17, 15) is 4.79 Å². The molecule has 7 heteroatoms. The predicted molar refractivity (Wildman–Crippen MR) is 90.7 cm³/mol. The zero-order chi connectivity index (χ0) is 15.4. The second kappa shape index (κ2) is 8.01. The summed E-state index contributed by atoms with van der Waals surface area (Å²) in [5.41, 5.74) is 2.52. The van der Waals surface area contributed by atoms with Crippen LogP contribution in [0.5, 0.6) is 0 Å². The Bertz CT molecular complexity index is 675. The number of rotatable bonds is 3. The van der Waals surface area contributed by atoms with Gasteiger partial charge < -0.3 is 15.4 Å². The monoisotopic (exact) mass is 334 g/mol. The largest absolute Gasteiger partial charge is 0.378 e.